The number of ether oxygens (including phenoxy) is 3. The van der Waals surface area contributed by atoms with Crippen LogP contribution in [0.1, 0.15) is 41.5 Å². The van der Waals surface area contributed by atoms with Gasteiger partial charge in [0.2, 0.25) is 0 Å². The minimum absolute atomic E-state index is 0.170. The lowest BCUT2D eigenvalue weighted by atomic mass is 10.1. The van der Waals surface area contributed by atoms with Crippen molar-refractivity contribution in [3.05, 3.63) is 0 Å². The van der Waals surface area contributed by atoms with Crippen molar-refractivity contribution >= 4 is 11.9 Å². The summed E-state index contributed by atoms with van der Waals surface area (Å²) in [6.07, 6.45) is 0. The second-order valence-electron chi connectivity index (χ2n) is 5.80. The Hall–Kier alpha value is -2.86. The normalized spacial score (nSPS) is 9.52. The molecule has 0 bridgehead atoms. The number of rotatable bonds is 4. The highest BCUT2D eigenvalue weighted by atomic mass is 16.6. The lowest BCUT2D eigenvalue weighted by Crippen LogP contribution is -2.24. The van der Waals surface area contributed by atoms with Crippen molar-refractivity contribution in [3.63, 3.8) is 0 Å². The van der Waals surface area contributed by atoms with E-state index in [9.17, 15) is 9.59 Å². The molecule has 132 valence electrons. The van der Waals surface area contributed by atoms with Gasteiger partial charge in [-0.1, -0.05) is 11.8 Å². The summed E-state index contributed by atoms with van der Waals surface area (Å²) in [5.74, 6) is 20.5. The van der Waals surface area contributed by atoms with Crippen LogP contribution in [-0.4, -0.2) is 36.4 Å². The Morgan fingerprint density at radius 3 is 1.40 bits per heavy atom. The number of hydrogen-bond acceptors (Lipinski definition) is 5. The molecule has 0 spiro atoms. The first-order valence-corrected chi connectivity index (χ1v) is 7.51. The van der Waals surface area contributed by atoms with E-state index in [1.807, 2.05) is 0 Å². The van der Waals surface area contributed by atoms with Crippen LogP contribution in [0.25, 0.3) is 0 Å². The Labute approximate surface area is 149 Å². The van der Waals surface area contributed by atoms with E-state index in [4.69, 9.17) is 14.2 Å². The molecule has 0 aliphatic heterocycles. The van der Waals surface area contributed by atoms with E-state index in [1.54, 1.807) is 27.7 Å². The predicted octanol–water partition coefficient (Wildman–Crippen LogP) is 1.70. The zero-order chi connectivity index (χ0) is 19.3. The standard InChI is InChI=1S/C20H22O5/c1-17(21)24-19(3,4)13-9-7-11-15-23-16-12-8-10-14-20(5,6)25-18(2)22/h15-16H2,1-6H3. The van der Waals surface area contributed by atoms with E-state index < -0.39 is 23.1 Å². The molecule has 0 radical (unpaired) electrons. The lowest BCUT2D eigenvalue weighted by Gasteiger charge is -2.16. The van der Waals surface area contributed by atoms with E-state index in [2.05, 4.69) is 47.4 Å². The molecule has 0 heterocycles. The van der Waals surface area contributed by atoms with Crippen molar-refractivity contribution in [3.8, 4) is 47.4 Å². The fourth-order valence-corrected chi connectivity index (χ4v) is 1.45. The molecular formula is C20H22O5. The van der Waals surface area contributed by atoms with Gasteiger partial charge in [-0.2, -0.15) is 0 Å². The summed E-state index contributed by atoms with van der Waals surface area (Å²) >= 11 is 0. The summed E-state index contributed by atoms with van der Waals surface area (Å²) in [7, 11) is 0. The average Bonchev–Trinajstić information content (AvgIpc) is 2.41. The molecule has 0 amide bonds. The summed E-state index contributed by atoms with van der Waals surface area (Å²) in [5.41, 5.74) is -1.74. The zero-order valence-electron chi connectivity index (χ0n) is 15.5. The molecule has 0 unspecified atom stereocenters. The van der Waals surface area contributed by atoms with Crippen LogP contribution in [0.4, 0.5) is 0 Å². The largest absolute Gasteiger partial charge is 0.447 e. The third-order valence-electron chi connectivity index (χ3n) is 2.18. The van der Waals surface area contributed by atoms with Gasteiger partial charge < -0.3 is 14.2 Å². The minimum atomic E-state index is -0.870. The molecule has 0 fully saturated rings. The molecule has 0 aliphatic carbocycles. The monoisotopic (exact) mass is 342 g/mol. The van der Waals surface area contributed by atoms with E-state index in [1.165, 1.54) is 13.8 Å². The van der Waals surface area contributed by atoms with Crippen LogP contribution < -0.4 is 0 Å². The van der Waals surface area contributed by atoms with Crippen molar-refractivity contribution < 1.29 is 23.8 Å². The number of esters is 2. The smallest absolute Gasteiger partial charge is 0.304 e. The van der Waals surface area contributed by atoms with Crippen LogP contribution in [0, 0.1) is 47.4 Å². The van der Waals surface area contributed by atoms with Gasteiger partial charge in [0.1, 0.15) is 13.2 Å². The Morgan fingerprint density at radius 1 is 0.720 bits per heavy atom. The quantitative estimate of drug-likeness (QED) is 0.442. The van der Waals surface area contributed by atoms with Crippen molar-refractivity contribution in [1.29, 1.82) is 0 Å². The van der Waals surface area contributed by atoms with Gasteiger partial charge in [0.05, 0.1) is 0 Å². The maximum atomic E-state index is 10.9. The number of hydrogen-bond donors (Lipinski definition) is 0. The Bertz CT molecular complexity index is 664. The zero-order valence-corrected chi connectivity index (χ0v) is 15.5. The van der Waals surface area contributed by atoms with E-state index in [-0.39, 0.29) is 13.2 Å². The summed E-state index contributed by atoms with van der Waals surface area (Å²) in [6, 6.07) is 0. The van der Waals surface area contributed by atoms with Gasteiger partial charge in [-0.25, -0.2) is 0 Å². The molecule has 25 heavy (non-hydrogen) atoms. The van der Waals surface area contributed by atoms with E-state index in [0.29, 0.717) is 0 Å². The van der Waals surface area contributed by atoms with Crippen LogP contribution in [0.15, 0.2) is 0 Å². The van der Waals surface area contributed by atoms with E-state index >= 15 is 0 Å². The SMILES string of the molecule is CC(=O)OC(C)(C)C#CC#CCOCC#CC#CC(C)(C)OC(C)=O. The molecule has 0 rings (SSSR count). The fraction of sp³-hybridized carbons (Fsp3) is 0.500. The topological polar surface area (TPSA) is 61.8 Å². The average molecular weight is 342 g/mol. The first kappa shape index (κ1) is 22.1. The summed E-state index contributed by atoms with van der Waals surface area (Å²) in [4.78, 5) is 21.7. The predicted molar refractivity (Wildman–Crippen MR) is 93.6 cm³/mol. The van der Waals surface area contributed by atoms with Gasteiger partial charge in [0.15, 0.2) is 11.2 Å². The van der Waals surface area contributed by atoms with Crippen LogP contribution in [0.2, 0.25) is 0 Å². The second-order valence-corrected chi connectivity index (χ2v) is 5.80. The van der Waals surface area contributed by atoms with Gasteiger partial charge >= 0.3 is 11.9 Å². The Balaban J connectivity index is 4.21. The molecular weight excluding hydrogens is 320 g/mol. The molecule has 0 aromatic carbocycles. The van der Waals surface area contributed by atoms with Crippen LogP contribution in [0.3, 0.4) is 0 Å². The van der Waals surface area contributed by atoms with Gasteiger partial charge in [0, 0.05) is 13.8 Å². The fourth-order valence-electron chi connectivity index (χ4n) is 1.45. The second kappa shape index (κ2) is 10.8. The highest BCUT2D eigenvalue weighted by Crippen LogP contribution is 2.07. The summed E-state index contributed by atoms with van der Waals surface area (Å²) in [6.45, 7) is 9.71. The lowest BCUT2D eigenvalue weighted by molar-refractivity contribution is -0.150. The molecule has 0 aromatic heterocycles. The molecule has 0 N–H and O–H groups in total. The van der Waals surface area contributed by atoms with Gasteiger partial charge in [0.25, 0.3) is 0 Å². The Morgan fingerprint density at radius 2 is 1.08 bits per heavy atom. The molecule has 0 saturated heterocycles. The third-order valence-corrected chi connectivity index (χ3v) is 2.18. The van der Waals surface area contributed by atoms with Crippen LogP contribution in [0.5, 0.6) is 0 Å². The van der Waals surface area contributed by atoms with Gasteiger partial charge in [-0.15, -0.1) is 0 Å². The molecule has 0 atom stereocenters. The number of carbonyl (C=O) groups excluding carboxylic acids is 2. The van der Waals surface area contributed by atoms with Gasteiger partial charge in [-0.3, -0.25) is 9.59 Å². The van der Waals surface area contributed by atoms with Crippen LogP contribution in [-0.2, 0) is 23.8 Å². The maximum absolute atomic E-state index is 10.9. The highest BCUT2D eigenvalue weighted by Gasteiger charge is 2.17. The minimum Gasteiger partial charge on any atom is -0.447 e. The summed E-state index contributed by atoms with van der Waals surface area (Å²) < 4.78 is 15.2. The van der Waals surface area contributed by atoms with Gasteiger partial charge in [-0.05, 0) is 63.2 Å². The first-order valence-electron chi connectivity index (χ1n) is 7.51. The molecule has 0 saturated carbocycles. The maximum Gasteiger partial charge on any atom is 0.304 e. The van der Waals surface area contributed by atoms with Crippen molar-refractivity contribution in [1.82, 2.24) is 0 Å². The molecule has 5 nitrogen and oxygen atoms in total. The van der Waals surface area contributed by atoms with Crippen molar-refractivity contribution in [2.45, 2.75) is 52.7 Å². The summed E-state index contributed by atoms with van der Waals surface area (Å²) in [5, 5.41) is 0. The van der Waals surface area contributed by atoms with Crippen LogP contribution >= 0.6 is 0 Å². The van der Waals surface area contributed by atoms with Crippen molar-refractivity contribution in [2.75, 3.05) is 13.2 Å². The molecule has 0 aliphatic rings. The Kier molecular flexibility index (Phi) is 9.59. The molecule has 5 heteroatoms. The van der Waals surface area contributed by atoms with Crippen molar-refractivity contribution in [2.24, 2.45) is 0 Å². The molecule has 0 aromatic rings. The highest BCUT2D eigenvalue weighted by molar-refractivity contribution is 5.67. The van der Waals surface area contributed by atoms with E-state index in [0.717, 1.165) is 0 Å². The third kappa shape index (κ3) is 14.5. The number of carbonyl (C=O) groups is 2. The first-order chi connectivity index (χ1) is 11.5.